The van der Waals surface area contributed by atoms with E-state index >= 15 is 0 Å². The van der Waals surface area contributed by atoms with Crippen molar-refractivity contribution in [3.63, 3.8) is 0 Å². The van der Waals surface area contributed by atoms with Crippen LogP contribution < -0.4 is 10.6 Å². The normalized spacial score (nSPS) is 10.9. The Morgan fingerprint density at radius 1 is 1.17 bits per heavy atom. The molecule has 0 bridgehead atoms. The van der Waals surface area contributed by atoms with Gasteiger partial charge in [-0.2, -0.15) is 11.8 Å². The van der Waals surface area contributed by atoms with E-state index in [4.69, 9.17) is 4.74 Å². The van der Waals surface area contributed by atoms with Gasteiger partial charge in [0.2, 0.25) is 5.91 Å². The molecule has 5 nitrogen and oxygen atoms in total. The second-order valence-corrected chi connectivity index (χ2v) is 5.94. The molecule has 0 aromatic heterocycles. The fourth-order valence-electron chi connectivity index (χ4n) is 1.02. The fraction of sp³-hybridized carbons (Fsp3) is 0.833. The number of ether oxygens (including phenoxy) is 1. The molecule has 0 aromatic carbocycles. The maximum absolute atomic E-state index is 11.3. The number of hydrogen-bond donors (Lipinski definition) is 2. The predicted molar refractivity (Wildman–Crippen MR) is 74.9 cm³/mol. The molecular weight excluding hydrogens is 252 g/mol. The molecule has 0 aliphatic heterocycles. The first-order valence-corrected chi connectivity index (χ1v) is 7.32. The van der Waals surface area contributed by atoms with Crippen LogP contribution in [-0.4, -0.2) is 42.2 Å². The lowest BCUT2D eigenvalue weighted by Crippen LogP contribution is -2.33. The molecule has 0 aromatic rings. The van der Waals surface area contributed by atoms with Gasteiger partial charge in [0.1, 0.15) is 5.60 Å². The highest BCUT2D eigenvalue weighted by Crippen LogP contribution is 2.06. The molecule has 0 atom stereocenters. The van der Waals surface area contributed by atoms with Crippen LogP contribution in [0.15, 0.2) is 0 Å². The van der Waals surface area contributed by atoms with Crippen LogP contribution in [0.25, 0.3) is 0 Å². The van der Waals surface area contributed by atoms with Gasteiger partial charge < -0.3 is 15.4 Å². The van der Waals surface area contributed by atoms with Gasteiger partial charge in [0, 0.05) is 18.8 Å². The maximum atomic E-state index is 11.3. The Kier molecular flexibility index (Phi) is 8.62. The second-order valence-electron chi connectivity index (χ2n) is 4.83. The molecule has 0 saturated heterocycles. The first-order chi connectivity index (χ1) is 8.35. The Bertz CT molecular complexity index is 265. The van der Waals surface area contributed by atoms with Gasteiger partial charge in [-0.3, -0.25) is 4.79 Å². The van der Waals surface area contributed by atoms with E-state index in [2.05, 4.69) is 10.6 Å². The van der Waals surface area contributed by atoms with E-state index < -0.39 is 11.7 Å². The lowest BCUT2D eigenvalue weighted by molar-refractivity contribution is -0.118. The van der Waals surface area contributed by atoms with Crippen LogP contribution in [0.1, 0.15) is 34.1 Å². The molecule has 0 rings (SSSR count). The van der Waals surface area contributed by atoms with Crippen LogP contribution in [-0.2, 0) is 9.53 Å². The van der Waals surface area contributed by atoms with Crippen LogP contribution in [0.4, 0.5) is 4.79 Å². The van der Waals surface area contributed by atoms with Crippen molar-refractivity contribution in [3.05, 3.63) is 0 Å². The molecule has 0 fully saturated rings. The minimum atomic E-state index is -0.475. The lowest BCUT2D eigenvalue weighted by atomic mass is 10.2. The minimum absolute atomic E-state index is 0.0409. The van der Waals surface area contributed by atoms with Crippen molar-refractivity contribution in [3.8, 4) is 0 Å². The number of carbonyl (C=O) groups excluding carboxylic acids is 2. The highest BCUT2D eigenvalue weighted by atomic mass is 32.2. The Morgan fingerprint density at radius 3 is 2.39 bits per heavy atom. The number of nitrogens with one attached hydrogen (secondary N) is 2. The Labute approximate surface area is 113 Å². The molecule has 0 aliphatic rings. The van der Waals surface area contributed by atoms with E-state index in [1.54, 1.807) is 0 Å². The minimum Gasteiger partial charge on any atom is -0.444 e. The first-order valence-electron chi connectivity index (χ1n) is 6.16. The van der Waals surface area contributed by atoms with Gasteiger partial charge >= 0.3 is 6.09 Å². The van der Waals surface area contributed by atoms with Crippen LogP contribution >= 0.6 is 11.8 Å². The van der Waals surface area contributed by atoms with Gasteiger partial charge in [-0.15, -0.1) is 0 Å². The quantitative estimate of drug-likeness (QED) is 0.695. The van der Waals surface area contributed by atoms with Crippen LogP contribution in [0.5, 0.6) is 0 Å². The van der Waals surface area contributed by atoms with Gasteiger partial charge in [-0.1, -0.05) is 6.92 Å². The Balaban J connectivity index is 3.45. The number of alkyl carbamates (subject to hydrolysis) is 1. The zero-order valence-electron chi connectivity index (χ0n) is 11.7. The van der Waals surface area contributed by atoms with Crippen molar-refractivity contribution in [2.75, 3.05) is 24.6 Å². The highest BCUT2D eigenvalue weighted by molar-refractivity contribution is 7.99. The smallest absolute Gasteiger partial charge is 0.407 e. The number of rotatable bonds is 7. The van der Waals surface area contributed by atoms with E-state index in [9.17, 15) is 9.59 Å². The van der Waals surface area contributed by atoms with Crippen molar-refractivity contribution >= 4 is 23.8 Å². The average Bonchev–Trinajstić information content (AvgIpc) is 2.23. The SMILES string of the molecule is CCCNC(=O)CSCCNC(=O)OC(C)(C)C. The summed E-state index contributed by atoms with van der Waals surface area (Å²) >= 11 is 1.49. The largest absolute Gasteiger partial charge is 0.444 e. The van der Waals surface area contributed by atoms with Gasteiger partial charge in [-0.05, 0) is 27.2 Å². The van der Waals surface area contributed by atoms with E-state index in [0.29, 0.717) is 18.1 Å². The van der Waals surface area contributed by atoms with Crippen molar-refractivity contribution in [1.29, 1.82) is 0 Å². The third-order valence-corrected chi connectivity index (χ3v) is 2.68. The number of hydrogen-bond acceptors (Lipinski definition) is 4. The number of amides is 2. The van der Waals surface area contributed by atoms with Crippen molar-refractivity contribution < 1.29 is 14.3 Å². The molecular formula is C12H24N2O3S. The zero-order valence-corrected chi connectivity index (χ0v) is 12.5. The fourth-order valence-corrected chi connectivity index (χ4v) is 1.70. The van der Waals surface area contributed by atoms with Crippen LogP contribution in [0, 0.1) is 0 Å². The van der Waals surface area contributed by atoms with Gasteiger partial charge in [0.05, 0.1) is 5.75 Å². The summed E-state index contributed by atoms with van der Waals surface area (Å²) in [6.07, 6.45) is 0.523. The van der Waals surface area contributed by atoms with E-state index in [0.717, 1.165) is 13.0 Å². The number of carbonyl (C=O) groups is 2. The van der Waals surface area contributed by atoms with E-state index in [1.165, 1.54) is 11.8 Å². The standard InChI is InChI=1S/C12H24N2O3S/c1-5-6-13-10(15)9-18-8-7-14-11(16)17-12(2,3)4/h5-9H2,1-4H3,(H,13,15)(H,14,16). The first kappa shape index (κ1) is 17.1. The molecule has 2 amide bonds. The molecule has 2 N–H and O–H groups in total. The number of thioether (sulfide) groups is 1. The molecule has 0 radical (unpaired) electrons. The maximum Gasteiger partial charge on any atom is 0.407 e. The summed E-state index contributed by atoms with van der Waals surface area (Å²) in [6, 6.07) is 0. The zero-order chi connectivity index (χ0) is 14.0. The molecule has 0 spiro atoms. The lowest BCUT2D eigenvalue weighted by Gasteiger charge is -2.19. The van der Waals surface area contributed by atoms with E-state index in [1.807, 2.05) is 27.7 Å². The van der Waals surface area contributed by atoms with E-state index in [-0.39, 0.29) is 5.91 Å². The van der Waals surface area contributed by atoms with Crippen LogP contribution in [0.2, 0.25) is 0 Å². The van der Waals surface area contributed by atoms with Crippen LogP contribution in [0.3, 0.4) is 0 Å². The molecule has 0 saturated carbocycles. The summed E-state index contributed by atoms with van der Waals surface area (Å²) in [7, 11) is 0. The Morgan fingerprint density at radius 2 is 1.83 bits per heavy atom. The topological polar surface area (TPSA) is 67.4 Å². The third-order valence-electron chi connectivity index (χ3n) is 1.72. The summed E-state index contributed by atoms with van der Waals surface area (Å²) in [5.74, 6) is 1.16. The van der Waals surface area contributed by atoms with Gasteiger partial charge in [0.15, 0.2) is 0 Å². The average molecular weight is 276 g/mol. The second kappa shape index (κ2) is 9.08. The molecule has 106 valence electrons. The van der Waals surface area contributed by atoms with Gasteiger partial charge in [0.25, 0.3) is 0 Å². The highest BCUT2D eigenvalue weighted by Gasteiger charge is 2.15. The molecule has 0 heterocycles. The molecule has 6 heteroatoms. The summed E-state index contributed by atoms with van der Waals surface area (Å²) in [5, 5.41) is 5.43. The Hall–Kier alpha value is -0.910. The monoisotopic (exact) mass is 276 g/mol. The van der Waals surface area contributed by atoms with Gasteiger partial charge in [-0.25, -0.2) is 4.79 Å². The van der Waals surface area contributed by atoms with Crippen molar-refractivity contribution in [2.45, 2.75) is 39.7 Å². The summed E-state index contributed by atoms with van der Waals surface area (Å²) in [5.41, 5.74) is -0.475. The summed E-state index contributed by atoms with van der Waals surface area (Å²) in [4.78, 5) is 22.5. The predicted octanol–water partition coefficient (Wildman–Crippen LogP) is 1.77. The molecule has 18 heavy (non-hydrogen) atoms. The summed E-state index contributed by atoms with van der Waals surface area (Å²) < 4.78 is 5.08. The molecule has 0 aliphatic carbocycles. The molecule has 0 unspecified atom stereocenters. The summed E-state index contributed by atoms with van der Waals surface area (Å²) in [6.45, 7) is 8.69. The van der Waals surface area contributed by atoms with Crippen molar-refractivity contribution in [2.24, 2.45) is 0 Å². The van der Waals surface area contributed by atoms with Crippen molar-refractivity contribution in [1.82, 2.24) is 10.6 Å². The third kappa shape index (κ3) is 11.6.